The predicted molar refractivity (Wildman–Crippen MR) is 102 cm³/mol. The molecule has 0 atom stereocenters. The third-order valence-corrected chi connectivity index (χ3v) is 4.32. The molecule has 0 spiro atoms. The number of carbonyl (C=O) groups excluding carboxylic acids is 1. The van der Waals surface area contributed by atoms with E-state index >= 15 is 0 Å². The molecule has 0 fully saturated rings. The van der Waals surface area contributed by atoms with Crippen LogP contribution in [-0.2, 0) is 24.1 Å². The number of methoxy groups -OCH3 is 1. The van der Waals surface area contributed by atoms with Gasteiger partial charge in [-0.05, 0) is 30.2 Å². The molecule has 0 saturated heterocycles. The van der Waals surface area contributed by atoms with Gasteiger partial charge in [0.15, 0.2) is 5.69 Å². The van der Waals surface area contributed by atoms with Gasteiger partial charge in [0.2, 0.25) is 0 Å². The van der Waals surface area contributed by atoms with Crippen molar-refractivity contribution in [3.63, 3.8) is 0 Å². The van der Waals surface area contributed by atoms with Gasteiger partial charge in [0, 0.05) is 13.7 Å². The largest absolute Gasteiger partial charge is 0.434 e. The van der Waals surface area contributed by atoms with Crippen LogP contribution in [0.3, 0.4) is 0 Å². The smallest absolute Gasteiger partial charge is 0.380 e. The lowest BCUT2D eigenvalue weighted by atomic mass is 10.1. The summed E-state index contributed by atoms with van der Waals surface area (Å²) >= 11 is 0. The fraction of sp³-hybridized carbons (Fsp3) is 0.238. The highest BCUT2D eigenvalue weighted by molar-refractivity contribution is 5.95. The maximum atomic E-state index is 13.7. The van der Waals surface area contributed by atoms with Gasteiger partial charge in [-0.1, -0.05) is 42.0 Å². The van der Waals surface area contributed by atoms with Crippen molar-refractivity contribution in [1.29, 1.82) is 0 Å². The van der Waals surface area contributed by atoms with Crippen molar-refractivity contribution in [2.24, 2.45) is 0 Å². The van der Waals surface area contributed by atoms with Gasteiger partial charge in [0.1, 0.15) is 0 Å². The van der Waals surface area contributed by atoms with E-state index in [9.17, 15) is 18.0 Å². The predicted octanol–water partition coefficient (Wildman–Crippen LogP) is 4.28. The molecule has 0 unspecified atom stereocenters. The second-order valence-corrected chi connectivity index (χ2v) is 6.59. The van der Waals surface area contributed by atoms with E-state index in [1.165, 1.54) is 12.1 Å². The topological polar surface area (TPSA) is 56.1 Å². The number of amides is 1. The Morgan fingerprint density at radius 3 is 2.48 bits per heavy atom. The molecule has 2 aromatic carbocycles. The van der Waals surface area contributed by atoms with E-state index in [0.29, 0.717) is 6.61 Å². The first-order valence-corrected chi connectivity index (χ1v) is 8.87. The van der Waals surface area contributed by atoms with Crippen LogP contribution in [-0.4, -0.2) is 22.8 Å². The zero-order valence-corrected chi connectivity index (χ0v) is 16.0. The molecule has 1 aromatic heterocycles. The minimum atomic E-state index is -4.74. The van der Waals surface area contributed by atoms with Gasteiger partial charge < -0.3 is 10.1 Å². The number of hydrogen-bond acceptors (Lipinski definition) is 3. The number of nitrogens with zero attached hydrogens (tertiary/aromatic N) is 2. The van der Waals surface area contributed by atoms with Crippen LogP contribution in [0.25, 0.3) is 5.69 Å². The summed E-state index contributed by atoms with van der Waals surface area (Å²) in [6, 6.07) is 13.7. The molecule has 152 valence electrons. The van der Waals surface area contributed by atoms with Crippen molar-refractivity contribution in [1.82, 2.24) is 15.1 Å². The molecule has 0 aliphatic rings. The number of alkyl halides is 3. The SMILES string of the molecule is COCc1cccc(CNC(=O)c2cnn(-c3ccc(C)cc3)c2C(F)(F)F)c1. The normalized spacial score (nSPS) is 11.5. The molecule has 29 heavy (non-hydrogen) atoms. The highest BCUT2D eigenvalue weighted by Gasteiger charge is 2.40. The molecular formula is C21H20F3N3O2. The van der Waals surface area contributed by atoms with E-state index in [0.717, 1.165) is 27.6 Å². The highest BCUT2D eigenvalue weighted by Crippen LogP contribution is 2.33. The Morgan fingerprint density at radius 2 is 1.83 bits per heavy atom. The molecule has 0 saturated carbocycles. The number of hydrogen-bond donors (Lipinski definition) is 1. The van der Waals surface area contributed by atoms with Gasteiger partial charge in [-0.3, -0.25) is 4.79 Å². The average Bonchev–Trinajstić information content (AvgIpc) is 3.13. The molecule has 0 aliphatic heterocycles. The van der Waals surface area contributed by atoms with Crippen LogP contribution in [0.5, 0.6) is 0 Å². The summed E-state index contributed by atoms with van der Waals surface area (Å²) in [7, 11) is 1.57. The summed E-state index contributed by atoms with van der Waals surface area (Å²) in [5.41, 5.74) is 1.17. The number of nitrogens with one attached hydrogen (secondary N) is 1. The zero-order valence-electron chi connectivity index (χ0n) is 16.0. The Morgan fingerprint density at radius 1 is 1.14 bits per heavy atom. The average molecular weight is 403 g/mol. The third-order valence-electron chi connectivity index (χ3n) is 4.32. The number of carbonyl (C=O) groups is 1. The Balaban J connectivity index is 1.85. The maximum Gasteiger partial charge on any atom is 0.434 e. The molecule has 8 heteroatoms. The number of aryl methyl sites for hydroxylation is 1. The van der Waals surface area contributed by atoms with E-state index in [1.807, 2.05) is 19.1 Å². The van der Waals surface area contributed by atoms with E-state index in [4.69, 9.17) is 4.74 Å². The minimum absolute atomic E-state index is 0.0867. The van der Waals surface area contributed by atoms with Crippen molar-refractivity contribution in [3.05, 3.63) is 82.7 Å². The number of rotatable bonds is 6. The molecule has 1 heterocycles. The molecule has 3 rings (SSSR count). The molecular weight excluding hydrogens is 383 g/mol. The van der Waals surface area contributed by atoms with Crippen molar-refractivity contribution in [2.75, 3.05) is 7.11 Å². The summed E-state index contributed by atoms with van der Waals surface area (Å²) in [5, 5.41) is 6.35. The van der Waals surface area contributed by atoms with Gasteiger partial charge in [-0.2, -0.15) is 18.3 Å². The van der Waals surface area contributed by atoms with E-state index in [-0.39, 0.29) is 12.2 Å². The minimum Gasteiger partial charge on any atom is -0.380 e. The number of aromatic nitrogens is 2. The standard InChI is InChI=1S/C21H20F3N3O2/c1-14-6-8-17(9-7-14)27-19(21(22,23)24)18(12-26-27)20(28)25-11-15-4-3-5-16(10-15)13-29-2/h3-10,12H,11,13H2,1-2H3,(H,25,28). The van der Waals surface area contributed by atoms with Crippen molar-refractivity contribution in [3.8, 4) is 5.69 Å². The monoisotopic (exact) mass is 403 g/mol. The van der Waals surface area contributed by atoms with Crippen LogP contribution in [0.4, 0.5) is 13.2 Å². The second-order valence-electron chi connectivity index (χ2n) is 6.59. The number of ether oxygens (including phenoxy) is 1. The summed E-state index contributed by atoms with van der Waals surface area (Å²) in [6.45, 7) is 2.32. The Bertz CT molecular complexity index is 995. The zero-order chi connectivity index (χ0) is 21.0. The molecule has 0 aliphatic carbocycles. The summed E-state index contributed by atoms with van der Waals surface area (Å²) in [5.74, 6) is -0.840. The second kappa shape index (κ2) is 8.48. The Labute approximate surface area is 166 Å². The van der Waals surface area contributed by atoms with E-state index in [1.54, 1.807) is 31.4 Å². The molecule has 1 N–H and O–H groups in total. The third kappa shape index (κ3) is 4.83. The molecule has 5 nitrogen and oxygen atoms in total. The Kier molecular flexibility index (Phi) is 6.03. The number of halogens is 3. The fourth-order valence-corrected chi connectivity index (χ4v) is 2.94. The number of benzene rings is 2. The molecule has 1 amide bonds. The van der Waals surface area contributed by atoms with Crippen molar-refractivity contribution in [2.45, 2.75) is 26.3 Å². The van der Waals surface area contributed by atoms with Gasteiger partial charge in [0.25, 0.3) is 5.91 Å². The molecule has 0 bridgehead atoms. The lowest BCUT2D eigenvalue weighted by Gasteiger charge is -2.13. The highest BCUT2D eigenvalue weighted by atomic mass is 19.4. The van der Waals surface area contributed by atoms with Gasteiger partial charge >= 0.3 is 6.18 Å². The summed E-state index contributed by atoms with van der Waals surface area (Å²) < 4.78 is 46.9. The maximum absolute atomic E-state index is 13.7. The van der Waals surface area contributed by atoms with Crippen LogP contribution in [0, 0.1) is 6.92 Å². The van der Waals surface area contributed by atoms with Crippen LogP contribution in [0.15, 0.2) is 54.7 Å². The van der Waals surface area contributed by atoms with Crippen LogP contribution in [0.2, 0.25) is 0 Å². The molecule has 3 aromatic rings. The summed E-state index contributed by atoms with van der Waals surface area (Å²) in [6.07, 6.45) is -3.80. The lowest BCUT2D eigenvalue weighted by molar-refractivity contribution is -0.143. The lowest BCUT2D eigenvalue weighted by Crippen LogP contribution is -2.26. The van der Waals surface area contributed by atoms with Crippen molar-refractivity contribution < 1.29 is 22.7 Å². The van der Waals surface area contributed by atoms with E-state index < -0.39 is 23.3 Å². The van der Waals surface area contributed by atoms with Gasteiger partial charge in [0.05, 0.1) is 24.1 Å². The van der Waals surface area contributed by atoms with E-state index in [2.05, 4.69) is 10.4 Å². The summed E-state index contributed by atoms with van der Waals surface area (Å²) in [4.78, 5) is 12.5. The fourth-order valence-electron chi connectivity index (χ4n) is 2.94. The quantitative estimate of drug-likeness (QED) is 0.669. The van der Waals surface area contributed by atoms with Gasteiger partial charge in [-0.25, -0.2) is 4.68 Å². The van der Waals surface area contributed by atoms with Crippen LogP contribution in [0.1, 0.15) is 32.7 Å². The van der Waals surface area contributed by atoms with Gasteiger partial charge in [-0.15, -0.1) is 0 Å². The van der Waals surface area contributed by atoms with Crippen LogP contribution >= 0.6 is 0 Å². The Hall–Kier alpha value is -3.13. The van der Waals surface area contributed by atoms with Crippen LogP contribution < -0.4 is 5.32 Å². The first-order valence-electron chi connectivity index (χ1n) is 8.87. The molecule has 0 radical (unpaired) electrons. The first-order chi connectivity index (χ1) is 13.8. The first kappa shape index (κ1) is 20.6. The van der Waals surface area contributed by atoms with Crippen molar-refractivity contribution >= 4 is 5.91 Å².